The average molecular weight is 473 g/mol. The molecule has 0 spiro atoms. The van der Waals surface area contributed by atoms with E-state index in [1.54, 1.807) is 31.3 Å². The molecule has 0 atom stereocenters. The zero-order valence-electron chi connectivity index (χ0n) is 14.6. The van der Waals surface area contributed by atoms with Gasteiger partial charge in [-0.2, -0.15) is 0 Å². The lowest BCUT2D eigenvalue weighted by atomic mass is 10.1. The van der Waals surface area contributed by atoms with Crippen LogP contribution in [0.1, 0.15) is 16.7 Å². The lowest BCUT2D eigenvalue weighted by molar-refractivity contribution is 0.602. The van der Waals surface area contributed by atoms with Crippen LogP contribution in [0.15, 0.2) is 58.4 Å². The van der Waals surface area contributed by atoms with Crippen LogP contribution in [-0.4, -0.2) is 27.7 Å². The molecule has 0 fully saturated rings. The van der Waals surface area contributed by atoms with Gasteiger partial charge in [0.05, 0.1) is 4.90 Å². The number of hydrogen-bond acceptors (Lipinski definition) is 3. The minimum absolute atomic E-state index is 0. The molecular weight excluding hydrogens is 449 g/mol. The van der Waals surface area contributed by atoms with Crippen LogP contribution in [0.4, 0.5) is 0 Å². The molecule has 25 heavy (non-hydrogen) atoms. The van der Waals surface area contributed by atoms with Gasteiger partial charge in [-0.25, -0.2) is 8.42 Å². The fraction of sp³-hybridized carbons (Fsp3) is 0.278. The van der Waals surface area contributed by atoms with Crippen molar-refractivity contribution in [1.82, 2.24) is 10.6 Å². The Morgan fingerprint density at radius 1 is 1.00 bits per heavy atom. The second kappa shape index (κ2) is 9.76. The Bertz CT molecular complexity index is 818. The highest BCUT2D eigenvalue weighted by Crippen LogP contribution is 2.10. The number of nitrogens with zero attached hydrogens (tertiary/aromatic N) is 1. The van der Waals surface area contributed by atoms with Crippen LogP contribution in [0.5, 0.6) is 0 Å². The zero-order chi connectivity index (χ0) is 17.6. The number of benzene rings is 2. The predicted molar refractivity (Wildman–Crippen MR) is 113 cm³/mol. The number of guanidine groups is 1. The molecule has 5 nitrogen and oxygen atoms in total. The summed E-state index contributed by atoms with van der Waals surface area (Å²) >= 11 is 0. The standard InChI is InChI=1S/C18H23N3O2S.HI/c1-14-6-4-5-7-16(14)13-21-18(19-2)20-12-15-8-10-17(11-9-15)24(3,22)23;/h4-11H,12-13H2,1-3H3,(H2,19,20,21);1H. The molecule has 0 aromatic heterocycles. The first-order valence-corrected chi connectivity index (χ1v) is 9.57. The first-order chi connectivity index (χ1) is 11.4. The van der Waals surface area contributed by atoms with Crippen molar-refractivity contribution in [3.8, 4) is 0 Å². The van der Waals surface area contributed by atoms with Gasteiger partial charge in [0, 0.05) is 26.4 Å². The molecule has 0 amide bonds. The van der Waals surface area contributed by atoms with Crippen LogP contribution < -0.4 is 10.6 Å². The van der Waals surface area contributed by atoms with Gasteiger partial charge in [0.15, 0.2) is 15.8 Å². The van der Waals surface area contributed by atoms with E-state index in [0.717, 1.165) is 5.56 Å². The van der Waals surface area contributed by atoms with Crippen LogP contribution in [-0.2, 0) is 22.9 Å². The quantitative estimate of drug-likeness (QED) is 0.398. The average Bonchev–Trinajstić information content (AvgIpc) is 2.56. The largest absolute Gasteiger partial charge is 0.352 e. The number of aliphatic imine (C=N–C) groups is 1. The van der Waals surface area contributed by atoms with Gasteiger partial charge < -0.3 is 10.6 Å². The van der Waals surface area contributed by atoms with E-state index in [4.69, 9.17) is 0 Å². The van der Waals surface area contributed by atoms with Crippen LogP contribution in [0, 0.1) is 6.92 Å². The number of aryl methyl sites for hydroxylation is 1. The number of nitrogens with one attached hydrogen (secondary N) is 2. The highest BCUT2D eigenvalue weighted by atomic mass is 127. The van der Waals surface area contributed by atoms with Gasteiger partial charge in [-0.05, 0) is 35.7 Å². The van der Waals surface area contributed by atoms with Crippen molar-refractivity contribution >= 4 is 39.8 Å². The van der Waals surface area contributed by atoms with Crippen molar-refractivity contribution in [3.63, 3.8) is 0 Å². The maximum absolute atomic E-state index is 11.5. The van der Waals surface area contributed by atoms with Crippen molar-refractivity contribution < 1.29 is 8.42 Å². The molecule has 0 bridgehead atoms. The summed E-state index contributed by atoms with van der Waals surface area (Å²) in [6.07, 6.45) is 1.21. The fourth-order valence-corrected chi connectivity index (χ4v) is 2.88. The van der Waals surface area contributed by atoms with Crippen molar-refractivity contribution in [3.05, 3.63) is 65.2 Å². The van der Waals surface area contributed by atoms with E-state index in [1.165, 1.54) is 17.4 Å². The smallest absolute Gasteiger partial charge is 0.191 e. The Balaban J connectivity index is 0.00000312. The summed E-state index contributed by atoms with van der Waals surface area (Å²) in [5.74, 6) is 0.699. The molecule has 7 heteroatoms. The third-order valence-corrected chi connectivity index (χ3v) is 4.87. The van der Waals surface area contributed by atoms with Gasteiger partial charge in [0.1, 0.15) is 0 Å². The van der Waals surface area contributed by atoms with Gasteiger partial charge in [0.25, 0.3) is 0 Å². The summed E-state index contributed by atoms with van der Waals surface area (Å²) in [6, 6.07) is 15.0. The van der Waals surface area contributed by atoms with Crippen LogP contribution in [0.25, 0.3) is 0 Å². The van der Waals surface area contributed by atoms with E-state index in [0.29, 0.717) is 23.9 Å². The summed E-state index contributed by atoms with van der Waals surface area (Å²) in [5.41, 5.74) is 3.44. The van der Waals surface area contributed by atoms with Gasteiger partial charge in [-0.15, -0.1) is 24.0 Å². The van der Waals surface area contributed by atoms with Gasteiger partial charge in [-0.1, -0.05) is 36.4 Å². The molecule has 0 aliphatic carbocycles. The maximum atomic E-state index is 11.5. The highest BCUT2D eigenvalue weighted by Gasteiger charge is 2.06. The van der Waals surface area contributed by atoms with Crippen LogP contribution in [0.2, 0.25) is 0 Å². The topological polar surface area (TPSA) is 70.6 Å². The first kappa shape index (κ1) is 21.4. The molecule has 0 aliphatic rings. The van der Waals surface area contributed by atoms with Crippen molar-refractivity contribution in [2.75, 3.05) is 13.3 Å². The molecule has 0 aliphatic heterocycles. The fourth-order valence-electron chi connectivity index (χ4n) is 2.25. The number of hydrogen-bond donors (Lipinski definition) is 2. The molecule has 0 radical (unpaired) electrons. The van der Waals surface area contributed by atoms with Gasteiger partial charge in [-0.3, -0.25) is 4.99 Å². The molecule has 136 valence electrons. The van der Waals surface area contributed by atoms with E-state index in [1.807, 2.05) is 12.1 Å². The molecule has 2 aromatic carbocycles. The summed E-state index contributed by atoms with van der Waals surface area (Å²) in [6.45, 7) is 3.34. The maximum Gasteiger partial charge on any atom is 0.191 e. The monoisotopic (exact) mass is 473 g/mol. The summed E-state index contributed by atoms with van der Waals surface area (Å²) < 4.78 is 22.9. The van der Waals surface area contributed by atoms with Crippen LogP contribution in [0.3, 0.4) is 0 Å². The van der Waals surface area contributed by atoms with E-state index in [9.17, 15) is 8.42 Å². The van der Waals surface area contributed by atoms with Crippen molar-refractivity contribution in [2.24, 2.45) is 4.99 Å². The Morgan fingerprint density at radius 3 is 2.16 bits per heavy atom. The molecular formula is C18H24IN3O2S. The van der Waals surface area contributed by atoms with E-state index >= 15 is 0 Å². The molecule has 0 unspecified atom stereocenters. The molecule has 0 saturated carbocycles. The Morgan fingerprint density at radius 2 is 1.60 bits per heavy atom. The number of rotatable bonds is 5. The second-order valence-corrected chi connectivity index (χ2v) is 7.64. The van der Waals surface area contributed by atoms with Crippen molar-refractivity contribution in [1.29, 1.82) is 0 Å². The first-order valence-electron chi connectivity index (χ1n) is 7.68. The molecule has 0 saturated heterocycles. The SMILES string of the molecule is CN=C(NCc1ccc(S(C)(=O)=O)cc1)NCc1ccccc1C.I. The number of sulfone groups is 1. The lowest BCUT2D eigenvalue weighted by Gasteiger charge is -2.13. The third-order valence-electron chi connectivity index (χ3n) is 3.74. The Labute approximate surface area is 166 Å². The minimum Gasteiger partial charge on any atom is -0.352 e. The van der Waals surface area contributed by atoms with Gasteiger partial charge in [0.2, 0.25) is 0 Å². The zero-order valence-corrected chi connectivity index (χ0v) is 17.8. The van der Waals surface area contributed by atoms with E-state index in [2.05, 4.69) is 34.7 Å². The second-order valence-electron chi connectivity index (χ2n) is 5.62. The Hall–Kier alpha value is -1.61. The Kier molecular flexibility index (Phi) is 8.37. The summed E-state index contributed by atoms with van der Waals surface area (Å²) in [4.78, 5) is 4.53. The summed E-state index contributed by atoms with van der Waals surface area (Å²) in [7, 11) is -1.43. The van der Waals surface area contributed by atoms with Gasteiger partial charge >= 0.3 is 0 Å². The molecule has 0 heterocycles. The van der Waals surface area contributed by atoms with Crippen molar-refractivity contribution in [2.45, 2.75) is 24.9 Å². The number of halogens is 1. The minimum atomic E-state index is -3.16. The third kappa shape index (κ3) is 6.66. The van der Waals surface area contributed by atoms with E-state index in [-0.39, 0.29) is 24.0 Å². The molecule has 2 N–H and O–H groups in total. The molecule has 2 aromatic rings. The van der Waals surface area contributed by atoms with Crippen LogP contribution >= 0.6 is 24.0 Å². The molecule has 2 rings (SSSR count). The predicted octanol–water partition coefficient (Wildman–Crippen LogP) is 2.88. The summed E-state index contributed by atoms with van der Waals surface area (Å²) in [5, 5.41) is 6.50. The normalized spacial score (nSPS) is 11.6. The lowest BCUT2D eigenvalue weighted by Crippen LogP contribution is -2.36. The highest BCUT2D eigenvalue weighted by molar-refractivity contribution is 14.0. The van der Waals surface area contributed by atoms with E-state index < -0.39 is 9.84 Å².